The number of hydrogen-bond acceptors (Lipinski definition) is 3. The van der Waals surface area contributed by atoms with Crippen LogP contribution < -0.4 is 10.6 Å². The van der Waals surface area contributed by atoms with Crippen LogP contribution in [0.15, 0.2) is 18.2 Å². The Balaban J connectivity index is 2.74. The van der Waals surface area contributed by atoms with E-state index in [1.807, 2.05) is 5.32 Å². The van der Waals surface area contributed by atoms with Crippen molar-refractivity contribution in [2.24, 2.45) is 0 Å². The Morgan fingerprint density at radius 2 is 2.00 bits per heavy atom. The molecule has 0 fully saturated rings. The lowest BCUT2D eigenvalue weighted by molar-refractivity contribution is -0.137. The minimum Gasteiger partial charge on any atom is -0.394 e. The summed E-state index contributed by atoms with van der Waals surface area (Å²) in [7, 11) is 0. The SMILES string of the molecule is O=C(NCC(O)CO)Nc1cc(C(F)(F)F)ccc1F. The predicted molar refractivity (Wildman–Crippen MR) is 61.5 cm³/mol. The van der Waals surface area contributed by atoms with E-state index in [1.165, 1.54) is 0 Å². The first-order valence-corrected chi connectivity index (χ1v) is 5.44. The zero-order chi connectivity index (χ0) is 15.3. The second kappa shape index (κ2) is 6.53. The molecular formula is C11H12F4N2O3. The minimum atomic E-state index is -4.66. The zero-order valence-corrected chi connectivity index (χ0v) is 10.0. The lowest BCUT2D eigenvalue weighted by Gasteiger charge is -2.12. The number of anilines is 1. The fourth-order valence-corrected chi connectivity index (χ4v) is 1.24. The van der Waals surface area contributed by atoms with Gasteiger partial charge in [0.2, 0.25) is 0 Å². The molecule has 1 rings (SSSR count). The largest absolute Gasteiger partial charge is 0.416 e. The van der Waals surface area contributed by atoms with Crippen LogP contribution in [0.5, 0.6) is 0 Å². The van der Waals surface area contributed by atoms with E-state index in [4.69, 9.17) is 10.2 Å². The molecule has 0 radical (unpaired) electrons. The van der Waals surface area contributed by atoms with E-state index in [0.29, 0.717) is 18.2 Å². The first-order valence-electron chi connectivity index (χ1n) is 5.44. The van der Waals surface area contributed by atoms with Crippen LogP contribution in [0.25, 0.3) is 0 Å². The van der Waals surface area contributed by atoms with E-state index in [2.05, 4.69) is 5.32 Å². The number of aliphatic hydroxyl groups excluding tert-OH is 2. The maximum absolute atomic E-state index is 13.3. The van der Waals surface area contributed by atoms with Gasteiger partial charge in [-0.05, 0) is 18.2 Å². The van der Waals surface area contributed by atoms with Gasteiger partial charge < -0.3 is 20.8 Å². The number of amides is 2. The minimum absolute atomic E-state index is 0.330. The first-order chi connectivity index (χ1) is 9.24. The molecule has 1 aromatic carbocycles. The van der Waals surface area contributed by atoms with E-state index in [9.17, 15) is 22.4 Å². The van der Waals surface area contributed by atoms with Crippen LogP contribution in [-0.4, -0.2) is 35.5 Å². The van der Waals surface area contributed by atoms with Crippen LogP contribution in [0.3, 0.4) is 0 Å². The highest BCUT2D eigenvalue weighted by Gasteiger charge is 2.31. The third-order valence-corrected chi connectivity index (χ3v) is 2.25. The molecule has 112 valence electrons. The number of carbonyl (C=O) groups excluding carboxylic acids is 1. The number of carbonyl (C=O) groups is 1. The first kappa shape index (κ1) is 16.2. The molecule has 0 aliphatic rings. The van der Waals surface area contributed by atoms with E-state index < -0.39 is 42.0 Å². The summed E-state index contributed by atoms with van der Waals surface area (Å²) in [5.74, 6) is -1.03. The highest BCUT2D eigenvalue weighted by molar-refractivity contribution is 5.89. The number of alkyl halides is 3. The quantitative estimate of drug-likeness (QED) is 0.633. The highest BCUT2D eigenvalue weighted by atomic mass is 19.4. The van der Waals surface area contributed by atoms with E-state index >= 15 is 0 Å². The Labute approximate surface area is 111 Å². The second-order valence-electron chi connectivity index (χ2n) is 3.86. The molecule has 0 aliphatic heterocycles. The highest BCUT2D eigenvalue weighted by Crippen LogP contribution is 2.31. The number of halogens is 4. The number of benzene rings is 1. The van der Waals surface area contributed by atoms with E-state index in [0.717, 1.165) is 0 Å². The molecule has 1 unspecified atom stereocenters. The molecule has 0 heterocycles. The molecule has 0 spiro atoms. The lowest BCUT2D eigenvalue weighted by Crippen LogP contribution is -2.36. The molecule has 5 nitrogen and oxygen atoms in total. The van der Waals surface area contributed by atoms with Crippen LogP contribution in [-0.2, 0) is 6.18 Å². The van der Waals surface area contributed by atoms with Crippen molar-refractivity contribution in [1.29, 1.82) is 0 Å². The van der Waals surface area contributed by atoms with E-state index in [-0.39, 0.29) is 6.54 Å². The summed E-state index contributed by atoms with van der Waals surface area (Å²) in [4.78, 5) is 11.3. The molecular weight excluding hydrogens is 284 g/mol. The van der Waals surface area contributed by atoms with Gasteiger partial charge in [-0.15, -0.1) is 0 Å². The molecule has 2 amide bonds. The van der Waals surface area contributed by atoms with Crippen molar-refractivity contribution in [2.45, 2.75) is 12.3 Å². The predicted octanol–water partition coefficient (Wildman–Crippen LogP) is 1.32. The normalized spacial score (nSPS) is 12.9. The van der Waals surface area contributed by atoms with E-state index in [1.54, 1.807) is 0 Å². The Bertz CT molecular complexity index is 479. The molecule has 1 atom stereocenters. The van der Waals surface area contributed by atoms with Gasteiger partial charge in [-0.25, -0.2) is 9.18 Å². The van der Waals surface area contributed by atoms with Gasteiger partial charge in [0.05, 0.1) is 24.0 Å². The van der Waals surface area contributed by atoms with Crippen LogP contribution in [0.1, 0.15) is 5.56 Å². The van der Waals surface area contributed by atoms with Crippen molar-refractivity contribution in [1.82, 2.24) is 5.32 Å². The van der Waals surface area contributed by atoms with Gasteiger partial charge in [0, 0.05) is 6.54 Å². The fourth-order valence-electron chi connectivity index (χ4n) is 1.24. The summed E-state index contributed by atoms with van der Waals surface area (Å²) in [5, 5.41) is 21.4. The molecule has 20 heavy (non-hydrogen) atoms. The maximum Gasteiger partial charge on any atom is 0.416 e. The third kappa shape index (κ3) is 4.67. The Kier molecular flexibility index (Phi) is 5.28. The molecule has 0 aliphatic carbocycles. The van der Waals surface area contributed by atoms with Gasteiger partial charge >= 0.3 is 12.2 Å². The molecule has 9 heteroatoms. The van der Waals surface area contributed by atoms with Gasteiger partial charge in [0.15, 0.2) is 0 Å². The van der Waals surface area contributed by atoms with Gasteiger partial charge in [0.1, 0.15) is 5.82 Å². The number of nitrogens with one attached hydrogen (secondary N) is 2. The summed E-state index contributed by atoms with van der Waals surface area (Å²) in [6.45, 7) is -0.929. The summed E-state index contributed by atoms with van der Waals surface area (Å²) >= 11 is 0. The van der Waals surface area contributed by atoms with Crippen molar-refractivity contribution < 1.29 is 32.6 Å². The van der Waals surface area contributed by atoms with Crippen LogP contribution in [0.4, 0.5) is 28.0 Å². The zero-order valence-electron chi connectivity index (χ0n) is 10.0. The van der Waals surface area contributed by atoms with Gasteiger partial charge in [-0.1, -0.05) is 0 Å². The number of hydrogen-bond donors (Lipinski definition) is 4. The van der Waals surface area contributed by atoms with Crippen LogP contribution in [0.2, 0.25) is 0 Å². The molecule has 0 aromatic heterocycles. The fraction of sp³-hybridized carbons (Fsp3) is 0.364. The average Bonchev–Trinajstić information content (AvgIpc) is 2.37. The second-order valence-corrected chi connectivity index (χ2v) is 3.86. The van der Waals surface area contributed by atoms with Crippen molar-refractivity contribution >= 4 is 11.7 Å². The smallest absolute Gasteiger partial charge is 0.394 e. The molecule has 0 saturated heterocycles. The van der Waals surface area contributed by atoms with Crippen LogP contribution in [0, 0.1) is 5.82 Å². The summed E-state index contributed by atoms with van der Waals surface area (Å²) in [6, 6.07) is 0.586. The summed E-state index contributed by atoms with van der Waals surface area (Å²) in [5.41, 5.74) is -1.75. The Morgan fingerprint density at radius 1 is 1.35 bits per heavy atom. The molecule has 4 N–H and O–H groups in total. The molecule has 0 saturated carbocycles. The van der Waals surface area contributed by atoms with Crippen LogP contribution >= 0.6 is 0 Å². The Hall–Kier alpha value is -1.87. The number of urea groups is 1. The van der Waals surface area contributed by atoms with Gasteiger partial charge in [-0.2, -0.15) is 13.2 Å². The topological polar surface area (TPSA) is 81.6 Å². The monoisotopic (exact) mass is 296 g/mol. The molecule has 1 aromatic rings. The molecule has 0 bridgehead atoms. The standard InChI is InChI=1S/C11H12F4N2O3/c12-8-2-1-6(11(13,14)15)3-9(8)17-10(20)16-4-7(19)5-18/h1-3,7,18-19H,4-5H2,(H2,16,17,20). The summed E-state index contributed by atoms with van der Waals surface area (Å²) < 4.78 is 50.6. The van der Waals surface area contributed by atoms with Crippen molar-refractivity contribution in [2.75, 3.05) is 18.5 Å². The van der Waals surface area contributed by atoms with Crippen molar-refractivity contribution in [3.05, 3.63) is 29.6 Å². The van der Waals surface area contributed by atoms with Crippen molar-refractivity contribution in [3.63, 3.8) is 0 Å². The van der Waals surface area contributed by atoms with Gasteiger partial charge in [0.25, 0.3) is 0 Å². The average molecular weight is 296 g/mol. The Morgan fingerprint density at radius 3 is 2.55 bits per heavy atom. The summed E-state index contributed by atoms with van der Waals surface area (Å²) in [6.07, 6.45) is -5.87. The lowest BCUT2D eigenvalue weighted by atomic mass is 10.2. The maximum atomic E-state index is 13.3. The van der Waals surface area contributed by atoms with Crippen molar-refractivity contribution in [3.8, 4) is 0 Å². The van der Waals surface area contributed by atoms with Gasteiger partial charge in [-0.3, -0.25) is 0 Å². The third-order valence-electron chi connectivity index (χ3n) is 2.25. The number of rotatable bonds is 4. The number of aliphatic hydroxyl groups is 2.